The van der Waals surface area contributed by atoms with Crippen molar-refractivity contribution in [1.82, 2.24) is 15.1 Å². The van der Waals surface area contributed by atoms with Gasteiger partial charge in [-0.25, -0.2) is 0 Å². The second-order valence-electron chi connectivity index (χ2n) is 3.52. The highest BCUT2D eigenvalue weighted by atomic mass is 35.5. The molecule has 0 spiro atoms. The summed E-state index contributed by atoms with van der Waals surface area (Å²) in [6.45, 7) is 6.36. The van der Waals surface area contributed by atoms with Crippen LogP contribution < -0.4 is 5.32 Å². The lowest BCUT2D eigenvalue weighted by atomic mass is 10.1. The third-order valence-electron chi connectivity index (χ3n) is 2.57. The van der Waals surface area contributed by atoms with Crippen LogP contribution in [0.4, 0.5) is 0 Å². The van der Waals surface area contributed by atoms with Gasteiger partial charge in [-0.1, -0.05) is 11.6 Å². The molecule has 4 nitrogen and oxygen atoms in total. The van der Waals surface area contributed by atoms with Gasteiger partial charge in [0.25, 0.3) is 0 Å². The SMILES string of the molecule is CCOCCC(NC)c1c(Cl)cnn1CC. The van der Waals surface area contributed by atoms with Crippen LogP contribution in [-0.2, 0) is 11.3 Å². The second kappa shape index (κ2) is 6.89. The Balaban J connectivity index is 2.73. The molecule has 92 valence electrons. The van der Waals surface area contributed by atoms with Crippen LogP contribution in [0.3, 0.4) is 0 Å². The highest BCUT2D eigenvalue weighted by molar-refractivity contribution is 6.31. The van der Waals surface area contributed by atoms with Gasteiger partial charge in [0.1, 0.15) is 0 Å². The first-order valence-corrected chi connectivity index (χ1v) is 6.08. The summed E-state index contributed by atoms with van der Waals surface area (Å²) in [6, 6.07) is 0.196. The number of ether oxygens (including phenoxy) is 1. The Morgan fingerprint density at radius 3 is 2.88 bits per heavy atom. The van der Waals surface area contributed by atoms with E-state index in [2.05, 4.69) is 17.3 Å². The molecule has 1 rings (SSSR count). The molecule has 0 bridgehead atoms. The minimum atomic E-state index is 0.196. The van der Waals surface area contributed by atoms with Gasteiger partial charge >= 0.3 is 0 Å². The molecule has 1 unspecified atom stereocenters. The van der Waals surface area contributed by atoms with Crippen molar-refractivity contribution in [3.63, 3.8) is 0 Å². The Kier molecular flexibility index (Phi) is 5.80. The maximum atomic E-state index is 6.15. The highest BCUT2D eigenvalue weighted by Gasteiger charge is 2.17. The first-order valence-electron chi connectivity index (χ1n) is 5.70. The van der Waals surface area contributed by atoms with Crippen LogP contribution in [0.5, 0.6) is 0 Å². The van der Waals surface area contributed by atoms with E-state index >= 15 is 0 Å². The van der Waals surface area contributed by atoms with E-state index in [-0.39, 0.29) is 6.04 Å². The Morgan fingerprint density at radius 2 is 2.31 bits per heavy atom. The van der Waals surface area contributed by atoms with Gasteiger partial charge in [-0.3, -0.25) is 4.68 Å². The number of nitrogens with one attached hydrogen (secondary N) is 1. The lowest BCUT2D eigenvalue weighted by Gasteiger charge is -2.18. The highest BCUT2D eigenvalue weighted by Crippen LogP contribution is 2.24. The summed E-state index contributed by atoms with van der Waals surface area (Å²) in [5, 5.41) is 8.21. The molecule has 0 aromatic carbocycles. The van der Waals surface area contributed by atoms with Crippen molar-refractivity contribution in [2.45, 2.75) is 32.9 Å². The van der Waals surface area contributed by atoms with E-state index in [9.17, 15) is 0 Å². The van der Waals surface area contributed by atoms with Crippen molar-refractivity contribution in [3.8, 4) is 0 Å². The molecule has 0 aliphatic rings. The Hall–Kier alpha value is -0.580. The van der Waals surface area contributed by atoms with E-state index in [1.807, 2.05) is 18.7 Å². The molecular formula is C11H20ClN3O. The molecule has 0 saturated heterocycles. The molecule has 16 heavy (non-hydrogen) atoms. The number of halogens is 1. The van der Waals surface area contributed by atoms with Gasteiger partial charge in [0.05, 0.1) is 23.0 Å². The second-order valence-corrected chi connectivity index (χ2v) is 3.93. The summed E-state index contributed by atoms with van der Waals surface area (Å²) in [7, 11) is 1.93. The van der Waals surface area contributed by atoms with E-state index in [4.69, 9.17) is 16.3 Å². The number of aryl methyl sites for hydroxylation is 1. The summed E-state index contributed by atoms with van der Waals surface area (Å²) in [5.41, 5.74) is 1.05. The normalized spacial score (nSPS) is 13.0. The fourth-order valence-corrected chi connectivity index (χ4v) is 2.01. The number of hydrogen-bond acceptors (Lipinski definition) is 3. The summed E-state index contributed by atoms with van der Waals surface area (Å²) in [4.78, 5) is 0. The molecule has 5 heteroatoms. The van der Waals surface area contributed by atoms with Crippen LogP contribution in [-0.4, -0.2) is 30.0 Å². The molecule has 1 N–H and O–H groups in total. The van der Waals surface area contributed by atoms with E-state index in [1.165, 1.54) is 0 Å². The fraction of sp³-hybridized carbons (Fsp3) is 0.727. The van der Waals surface area contributed by atoms with Crippen molar-refractivity contribution in [2.75, 3.05) is 20.3 Å². The first-order chi connectivity index (χ1) is 7.74. The summed E-state index contributed by atoms with van der Waals surface area (Å²) in [5.74, 6) is 0. The minimum absolute atomic E-state index is 0.196. The topological polar surface area (TPSA) is 39.1 Å². The van der Waals surface area contributed by atoms with Gasteiger partial charge in [-0.2, -0.15) is 5.10 Å². The average molecular weight is 246 g/mol. The molecule has 1 aromatic rings. The third kappa shape index (κ3) is 3.20. The Bertz CT molecular complexity index is 314. The zero-order chi connectivity index (χ0) is 12.0. The quantitative estimate of drug-likeness (QED) is 0.749. The van der Waals surface area contributed by atoms with Gasteiger partial charge < -0.3 is 10.1 Å². The zero-order valence-corrected chi connectivity index (χ0v) is 10.9. The lowest BCUT2D eigenvalue weighted by molar-refractivity contribution is 0.136. The fourth-order valence-electron chi connectivity index (χ4n) is 1.73. The van der Waals surface area contributed by atoms with Crippen molar-refractivity contribution >= 4 is 11.6 Å². The van der Waals surface area contributed by atoms with E-state index < -0.39 is 0 Å². The molecule has 1 aromatic heterocycles. The Morgan fingerprint density at radius 1 is 1.56 bits per heavy atom. The maximum Gasteiger partial charge on any atom is 0.0834 e. The van der Waals surface area contributed by atoms with Crippen molar-refractivity contribution in [3.05, 3.63) is 16.9 Å². The number of rotatable bonds is 7. The largest absolute Gasteiger partial charge is 0.382 e. The molecule has 1 atom stereocenters. The van der Waals surface area contributed by atoms with Crippen molar-refractivity contribution < 1.29 is 4.74 Å². The Labute approximate surface area is 102 Å². The summed E-state index contributed by atoms with van der Waals surface area (Å²) in [6.07, 6.45) is 2.60. The predicted octanol–water partition coefficient (Wildman–Crippen LogP) is 2.24. The smallest absolute Gasteiger partial charge is 0.0834 e. The molecule has 0 saturated carbocycles. The minimum Gasteiger partial charge on any atom is -0.382 e. The van der Waals surface area contributed by atoms with E-state index in [0.29, 0.717) is 0 Å². The standard InChI is InChI=1S/C11H20ClN3O/c1-4-15-11(9(12)8-14-15)10(13-3)6-7-16-5-2/h8,10,13H,4-7H2,1-3H3. The molecule has 0 aliphatic heterocycles. The third-order valence-corrected chi connectivity index (χ3v) is 2.86. The average Bonchev–Trinajstić information content (AvgIpc) is 2.66. The first kappa shape index (κ1) is 13.5. The summed E-state index contributed by atoms with van der Waals surface area (Å²) < 4.78 is 7.29. The van der Waals surface area contributed by atoms with Crippen LogP contribution in [0.2, 0.25) is 5.02 Å². The van der Waals surface area contributed by atoms with Crippen molar-refractivity contribution in [1.29, 1.82) is 0 Å². The van der Waals surface area contributed by atoms with Crippen LogP contribution in [0, 0.1) is 0 Å². The van der Waals surface area contributed by atoms with Crippen LogP contribution in [0.25, 0.3) is 0 Å². The van der Waals surface area contributed by atoms with Crippen LogP contribution in [0.1, 0.15) is 32.0 Å². The van der Waals surface area contributed by atoms with Gasteiger partial charge in [0.15, 0.2) is 0 Å². The monoisotopic (exact) mass is 245 g/mol. The maximum absolute atomic E-state index is 6.15. The number of aromatic nitrogens is 2. The molecular weight excluding hydrogens is 226 g/mol. The predicted molar refractivity (Wildman–Crippen MR) is 65.8 cm³/mol. The number of nitrogens with zero attached hydrogens (tertiary/aromatic N) is 2. The number of hydrogen-bond donors (Lipinski definition) is 1. The lowest BCUT2D eigenvalue weighted by Crippen LogP contribution is -2.22. The summed E-state index contributed by atoms with van der Waals surface area (Å²) >= 11 is 6.15. The molecule has 0 radical (unpaired) electrons. The van der Waals surface area contributed by atoms with Gasteiger partial charge in [-0.05, 0) is 27.3 Å². The van der Waals surface area contributed by atoms with Gasteiger partial charge in [-0.15, -0.1) is 0 Å². The van der Waals surface area contributed by atoms with E-state index in [0.717, 1.165) is 36.9 Å². The van der Waals surface area contributed by atoms with Gasteiger partial charge in [0, 0.05) is 19.8 Å². The van der Waals surface area contributed by atoms with Crippen LogP contribution >= 0.6 is 11.6 Å². The van der Waals surface area contributed by atoms with Crippen molar-refractivity contribution in [2.24, 2.45) is 0 Å². The molecule has 0 amide bonds. The van der Waals surface area contributed by atoms with Gasteiger partial charge in [0.2, 0.25) is 0 Å². The molecule has 0 aliphatic carbocycles. The van der Waals surface area contributed by atoms with E-state index in [1.54, 1.807) is 6.20 Å². The zero-order valence-electron chi connectivity index (χ0n) is 10.2. The molecule has 1 heterocycles. The van der Waals surface area contributed by atoms with Crippen LogP contribution in [0.15, 0.2) is 6.20 Å². The molecule has 0 fully saturated rings.